The summed E-state index contributed by atoms with van der Waals surface area (Å²) in [5, 5.41) is 60.0. The van der Waals surface area contributed by atoms with E-state index in [0.717, 1.165) is 173 Å². The fourth-order valence-corrected chi connectivity index (χ4v) is 7.07. The number of hydrogen-bond donors (Lipinski definition) is 3. The van der Waals surface area contributed by atoms with Crippen LogP contribution < -0.4 is 15.3 Å². The van der Waals surface area contributed by atoms with E-state index in [1.165, 1.54) is 57.8 Å². The van der Waals surface area contributed by atoms with E-state index < -0.39 is 17.9 Å². The topological polar surface area (TPSA) is 181 Å². The predicted octanol–water partition coefficient (Wildman–Crippen LogP) is 11.2. The van der Waals surface area contributed by atoms with Gasteiger partial charge in [-0.15, -0.1) is 0 Å². The van der Waals surface area contributed by atoms with Gasteiger partial charge in [-0.2, -0.15) is 0 Å². The van der Waals surface area contributed by atoms with Gasteiger partial charge in [0.1, 0.15) is 0 Å². The molecule has 0 aliphatic rings. The Hall–Kier alpha value is -1.97. The Morgan fingerprint density at radius 2 is 0.562 bits per heavy atom. The van der Waals surface area contributed by atoms with Gasteiger partial charge < -0.3 is 45.0 Å². The smallest absolute Gasteiger partial charge is 0.550 e. The van der Waals surface area contributed by atoms with Crippen LogP contribution in [0.15, 0.2) is 36.5 Å². The number of aliphatic hydroxyl groups is 3. The van der Waals surface area contributed by atoms with Gasteiger partial charge in [0.2, 0.25) is 0 Å². The first-order valence-electron chi connectivity index (χ1n) is 26.1. The Kier molecular flexibility index (Phi) is 63.3. The van der Waals surface area contributed by atoms with Crippen LogP contribution in [0.5, 0.6) is 0 Å². The molecule has 0 aromatic carbocycles. The van der Waals surface area contributed by atoms with Gasteiger partial charge in [-0.3, -0.25) is 0 Å². The number of allylic oxidation sites excluding steroid dienone is 3. The number of rotatable bonds is 45. The summed E-state index contributed by atoms with van der Waals surface area (Å²) in [5.41, 5.74) is 0. The Morgan fingerprint density at radius 3 is 0.797 bits per heavy atom. The van der Waals surface area contributed by atoms with Gasteiger partial charge in [-0.1, -0.05) is 192 Å². The standard InChI is InChI=1S/3C18H34O3.Fe/c3*1-2-3-4-11-14-17(19)15-12-9-7-5-6-8-10-13-16-18(20)21;/h3*9,12,17,19H,2-8,10-11,13-16H2,1H3,(H,20,21);/q;;;+3/p-3/t3*17-;/m111./s1. The monoisotopic (exact) mass is 948 g/mol. The number of hydrogen-bond acceptors (Lipinski definition) is 9. The third kappa shape index (κ3) is 69.1. The van der Waals surface area contributed by atoms with Gasteiger partial charge in [0.05, 0.1) is 18.3 Å². The van der Waals surface area contributed by atoms with Gasteiger partial charge in [-0.05, 0) is 116 Å². The number of aliphatic carboxylic acids is 3. The molecule has 377 valence electrons. The summed E-state index contributed by atoms with van der Waals surface area (Å²) in [7, 11) is 0. The fraction of sp³-hybridized carbons (Fsp3) is 0.833. The van der Waals surface area contributed by atoms with Crippen LogP contribution in [0, 0.1) is 0 Å². The van der Waals surface area contributed by atoms with Crippen LogP contribution in [0.4, 0.5) is 0 Å². The summed E-state index contributed by atoms with van der Waals surface area (Å²) < 4.78 is 0. The zero-order valence-corrected chi connectivity index (χ0v) is 42.5. The molecule has 0 spiro atoms. The van der Waals surface area contributed by atoms with Crippen molar-refractivity contribution in [1.82, 2.24) is 0 Å². The number of unbranched alkanes of at least 4 members (excludes halogenated alkanes) is 24. The third-order valence-corrected chi connectivity index (χ3v) is 11.2. The maximum atomic E-state index is 10.2. The molecule has 9 nitrogen and oxygen atoms in total. The number of aliphatic hydroxyl groups excluding tert-OH is 3. The first-order chi connectivity index (χ1) is 30.5. The summed E-state index contributed by atoms with van der Waals surface area (Å²) in [6, 6.07) is 0. The largest absolute Gasteiger partial charge is 3.00 e. The number of carbonyl (C=O) groups is 3. The van der Waals surface area contributed by atoms with Gasteiger partial charge >= 0.3 is 17.1 Å². The molecule has 3 N–H and O–H groups in total. The summed E-state index contributed by atoms with van der Waals surface area (Å²) in [6.07, 6.45) is 51.0. The van der Waals surface area contributed by atoms with Gasteiger partial charge in [0, 0.05) is 17.9 Å². The fourth-order valence-electron chi connectivity index (χ4n) is 7.07. The van der Waals surface area contributed by atoms with E-state index in [9.17, 15) is 45.0 Å². The average molecular weight is 948 g/mol. The molecule has 0 aliphatic carbocycles. The molecule has 0 aromatic rings. The minimum absolute atomic E-state index is 0. The molecule has 0 heterocycles. The number of carboxylic acids is 3. The van der Waals surface area contributed by atoms with Crippen molar-refractivity contribution in [3.05, 3.63) is 36.5 Å². The summed E-state index contributed by atoms with van der Waals surface area (Å²) >= 11 is 0. The molecule has 0 rings (SSSR count). The van der Waals surface area contributed by atoms with Crippen molar-refractivity contribution >= 4 is 17.9 Å². The molecule has 0 aromatic heterocycles. The van der Waals surface area contributed by atoms with E-state index >= 15 is 0 Å². The molecule has 0 saturated carbocycles. The Morgan fingerprint density at radius 1 is 0.344 bits per heavy atom. The molecule has 1 radical (unpaired) electrons. The molecule has 0 fully saturated rings. The second-order valence-corrected chi connectivity index (χ2v) is 17.7. The molecule has 3 atom stereocenters. The van der Waals surface area contributed by atoms with Crippen molar-refractivity contribution in [2.75, 3.05) is 0 Å². The zero-order chi connectivity index (χ0) is 47.3. The zero-order valence-electron chi connectivity index (χ0n) is 41.4. The molecule has 0 saturated heterocycles. The van der Waals surface area contributed by atoms with E-state index in [1.54, 1.807) is 0 Å². The van der Waals surface area contributed by atoms with Crippen molar-refractivity contribution in [3.63, 3.8) is 0 Å². The van der Waals surface area contributed by atoms with Crippen LogP contribution in [0.1, 0.15) is 271 Å². The Balaban J connectivity index is -0.000000419. The van der Waals surface area contributed by atoms with Crippen molar-refractivity contribution in [1.29, 1.82) is 0 Å². The van der Waals surface area contributed by atoms with Gasteiger partial charge in [0.15, 0.2) is 0 Å². The summed E-state index contributed by atoms with van der Waals surface area (Å²) in [5.74, 6) is -2.82. The third-order valence-electron chi connectivity index (χ3n) is 11.2. The Bertz CT molecular complexity index is 919. The maximum Gasteiger partial charge on any atom is 3.00 e. The van der Waals surface area contributed by atoms with E-state index in [4.69, 9.17) is 0 Å². The normalized spacial score (nSPS) is 12.7. The minimum Gasteiger partial charge on any atom is -0.550 e. The van der Waals surface area contributed by atoms with Crippen LogP contribution in [0.2, 0.25) is 0 Å². The van der Waals surface area contributed by atoms with Crippen LogP contribution in [-0.4, -0.2) is 51.5 Å². The molecule has 0 amide bonds. The molecular weight excluding hydrogens is 848 g/mol. The number of carbonyl (C=O) groups excluding carboxylic acids is 3. The van der Waals surface area contributed by atoms with Crippen molar-refractivity contribution in [3.8, 4) is 0 Å². The van der Waals surface area contributed by atoms with E-state index in [2.05, 4.69) is 57.2 Å². The van der Waals surface area contributed by atoms with Gasteiger partial charge in [0.25, 0.3) is 0 Å². The van der Waals surface area contributed by atoms with E-state index in [-0.39, 0.29) is 54.6 Å². The minimum atomic E-state index is -0.939. The summed E-state index contributed by atoms with van der Waals surface area (Å²) in [6.45, 7) is 6.59. The van der Waals surface area contributed by atoms with Crippen LogP contribution in [-0.2, 0) is 31.5 Å². The van der Waals surface area contributed by atoms with Crippen molar-refractivity contribution in [2.24, 2.45) is 0 Å². The van der Waals surface area contributed by atoms with Crippen molar-refractivity contribution < 1.29 is 62.1 Å². The molecule has 0 unspecified atom stereocenters. The van der Waals surface area contributed by atoms with E-state index in [1.807, 2.05) is 0 Å². The second kappa shape index (κ2) is 59.0. The number of carboxylic acid groups (broad SMARTS) is 3. The maximum absolute atomic E-state index is 10.2. The van der Waals surface area contributed by atoms with Crippen LogP contribution in [0.3, 0.4) is 0 Å². The average Bonchev–Trinajstić information content (AvgIpc) is 3.24. The summed E-state index contributed by atoms with van der Waals surface area (Å²) in [4.78, 5) is 30.7. The van der Waals surface area contributed by atoms with Crippen molar-refractivity contribution in [2.45, 2.75) is 289 Å². The quantitative estimate of drug-likeness (QED) is 0.0304. The molecular formula is C54H99FeO9. The molecule has 64 heavy (non-hydrogen) atoms. The predicted molar refractivity (Wildman–Crippen MR) is 258 cm³/mol. The van der Waals surface area contributed by atoms with Crippen LogP contribution >= 0.6 is 0 Å². The van der Waals surface area contributed by atoms with Gasteiger partial charge in [-0.25, -0.2) is 0 Å². The molecule has 0 bridgehead atoms. The first kappa shape index (κ1) is 68.6. The van der Waals surface area contributed by atoms with Crippen LogP contribution in [0.25, 0.3) is 0 Å². The molecule has 0 aliphatic heterocycles. The van der Waals surface area contributed by atoms with E-state index in [0.29, 0.717) is 0 Å². The second-order valence-electron chi connectivity index (χ2n) is 17.7. The first-order valence-corrected chi connectivity index (χ1v) is 26.1. The Labute approximate surface area is 404 Å². The SMILES string of the molecule is CCCCCC[C@@H](O)CC=CCCCCCCCC(=O)[O-].CCCCCC[C@@H](O)CC=CCCCCCCCC(=O)[O-].CCCCCC[C@@H](O)CC=CCCCCCCCC(=O)[O-].[Fe+3]. The molecule has 10 heteroatoms.